The minimum atomic E-state index is -0.374. The number of amides is 1. The summed E-state index contributed by atoms with van der Waals surface area (Å²) in [6.07, 6.45) is 1.40. The summed E-state index contributed by atoms with van der Waals surface area (Å²) >= 11 is 3.02. The van der Waals surface area contributed by atoms with E-state index in [-0.39, 0.29) is 5.91 Å². The predicted molar refractivity (Wildman–Crippen MR) is 38.1 cm³/mol. The van der Waals surface area contributed by atoms with Crippen molar-refractivity contribution >= 4 is 21.8 Å². The Morgan fingerprint density at radius 3 is 2.90 bits per heavy atom. The summed E-state index contributed by atoms with van der Waals surface area (Å²) in [5.74, 6) is 4.50. The van der Waals surface area contributed by atoms with Gasteiger partial charge in [0.2, 0.25) is 0 Å². The maximum absolute atomic E-state index is 10.8. The van der Waals surface area contributed by atoms with Crippen molar-refractivity contribution in [1.29, 1.82) is 0 Å². The molecule has 0 saturated heterocycles. The van der Waals surface area contributed by atoms with Crippen LogP contribution in [0.5, 0.6) is 0 Å². The largest absolute Gasteiger partial charge is 0.457 e. The molecular formula is C5H5BrN2O2. The molecule has 1 heterocycles. The number of rotatable bonds is 1. The van der Waals surface area contributed by atoms with E-state index in [1.807, 2.05) is 5.43 Å². The van der Waals surface area contributed by atoms with E-state index in [0.717, 1.165) is 0 Å². The number of hydrogen-bond acceptors (Lipinski definition) is 3. The van der Waals surface area contributed by atoms with Gasteiger partial charge in [0, 0.05) is 0 Å². The van der Waals surface area contributed by atoms with E-state index < -0.39 is 0 Å². The Hall–Kier alpha value is -0.810. The first kappa shape index (κ1) is 7.30. The molecule has 1 aromatic heterocycles. The molecule has 0 bridgehead atoms. The second-order valence-electron chi connectivity index (χ2n) is 1.58. The molecule has 10 heavy (non-hydrogen) atoms. The van der Waals surface area contributed by atoms with Gasteiger partial charge in [-0.2, -0.15) is 0 Å². The summed E-state index contributed by atoms with van der Waals surface area (Å²) in [5.41, 5.74) is 2.37. The van der Waals surface area contributed by atoms with Crippen molar-refractivity contribution in [1.82, 2.24) is 5.43 Å². The van der Waals surface area contributed by atoms with Gasteiger partial charge in [-0.15, -0.1) is 0 Å². The molecule has 0 aliphatic carbocycles. The van der Waals surface area contributed by atoms with Crippen LogP contribution >= 0.6 is 15.9 Å². The van der Waals surface area contributed by atoms with Gasteiger partial charge >= 0.3 is 0 Å². The first-order valence-electron chi connectivity index (χ1n) is 2.49. The molecule has 1 aromatic rings. The number of nitrogens with two attached hydrogens (primary N) is 1. The second-order valence-corrected chi connectivity index (χ2v) is 2.30. The van der Waals surface area contributed by atoms with Gasteiger partial charge in [0.25, 0.3) is 5.91 Å². The van der Waals surface area contributed by atoms with Crippen molar-refractivity contribution in [3.63, 3.8) is 0 Å². The third kappa shape index (κ3) is 1.19. The van der Waals surface area contributed by atoms with Crippen molar-refractivity contribution in [2.24, 2.45) is 5.84 Å². The van der Waals surface area contributed by atoms with E-state index in [9.17, 15) is 4.79 Å². The molecular weight excluding hydrogens is 200 g/mol. The highest BCUT2D eigenvalue weighted by molar-refractivity contribution is 9.10. The van der Waals surface area contributed by atoms with Gasteiger partial charge < -0.3 is 4.42 Å². The van der Waals surface area contributed by atoms with E-state index in [4.69, 9.17) is 10.3 Å². The van der Waals surface area contributed by atoms with Crippen LogP contribution in [0.2, 0.25) is 0 Å². The molecule has 0 atom stereocenters. The molecule has 1 rings (SSSR count). The summed E-state index contributed by atoms with van der Waals surface area (Å²) in [6, 6.07) is 1.52. The van der Waals surface area contributed by atoms with Gasteiger partial charge in [-0.25, -0.2) is 5.84 Å². The minimum Gasteiger partial charge on any atom is -0.457 e. The van der Waals surface area contributed by atoms with Crippen LogP contribution in [-0.2, 0) is 0 Å². The minimum absolute atomic E-state index is 0.374. The number of hydrazine groups is 1. The molecule has 5 heteroatoms. The van der Waals surface area contributed by atoms with Crippen LogP contribution in [0.15, 0.2) is 21.4 Å². The first-order chi connectivity index (χ1) is 4.75. The molecule has 0 aliphatic heterocycles. The van der Waals surface area contributed by atoms with E-state index in [2.05, 4.69) is 15.9 Å². The van der Waals surface area contributed by atoms with Crippen LogP contribution in [0.4, 0.5) is 0 Å². The van der Waals surface area contributed by atoms with Gasteiger partial charge in [-0.05, 0) is 22.0 Å². The number of carbonyl (C=O) groups is 1. The standard InChI is InChI=1S/C5H5BrN2O2/c6-4-3(1-2-10-4)5(9)8-7/h1-2H,7H2,(H,8,9). The molecule has 1 amide bonds. The van der Waals surface area contributed by atoms with Crippen LogP contribution in [0.3, 0.4) is 0 Å². The maximum atomic E-state index is 10.8. The van der Waals surface area contributed by atoms with Gasteiger partial charge in [-0.1, -0.05) is 0 Å². The average Bonchev–Trinajstić information content (AvgIpc) is 2.34. The van der Waals surface area contributed by atoms with Crippen LogP contribution in [0.1, 0.15) is 10.4 Å². The summed E-state index contributed by atoms with van der Waals surface area (Å²) in [5, 5.41) is 0. The van der Waals surface area contributed by atoms with Crippen LogP contribution in [-0.4, -0.2) is 5.91 Å². The van der Waals surface area contributed by atoms with Crippen molar-refractivity contribution in [2.45, 2.75) is 0 Å². The number of halogens is 1. The zero-order chi connectivity index (χ0) is 7.56. The lowest BCUT2D eigenvalue weighted by Gasteiger charge is -1.92. The van der Waals surface area contributed by atoms with Gasteiger partial charge in [0.1, 0.15) is 0 Å². The second kappa shape index (κ2) is 2.85. The van der Waals surface area contributed by atoms with Crippen LogP contribution < -0.4 is 11.3 Å². The fourth-order valence-electron chi connectivity index (χ4n) is 0.533. The monoisotopic (exact) mass is 204 g/mol. The number of hydrogen-bond donors (Lipinski definition) is 2. The van der Waals surface area contributed by atoms with Crippen molar-refractivity contribution < 1.29 is 9.21 Å². The zero-order valence-corrected chi connectivity index (χ0v) is 6.51. The van der Waals surface area contributed by atoms with Crippen LogP contribution in [0, 0.1) is 0 Å². The molecule has 0 radical (unpaired) electrons. The van der Waals surface area contributed by atoms with E-state index in [1.165, 1.54) is 12.3 Å². The fourth-order valence-corrected chi connectivity index (χ4v) is 0.954. The predicted octanol–water partition coefficient (Wildman–Crippen LogP) is 0.646. The Balaban J connectivity index is 2.93. The molecule has 3 N–H and O–H groups in total. The highest BCUT2D eigenvalue weighted by Crippen LogP contribution is 2.16. The molecule has 0 aliphatic rings. The van der Waals surface area contributed by atoms with Crippen molar-refractivity contribution in [3.05, 3.63) is 22.6 Å². The molecule has 0 spiro atoms. The van der Waals surface area contributed by atoms with E-state index in [1.54, 1.807) is 0 Å². The summed E-state index contributed by atoms with van der Waals surface area (Å²) < 4.78 is 5.17. The Kier molecular flexibility index (Phi) is 2.08. The molecule has 0 fully saturated rings. The maximum Gasteiger partial charge on any atom is 0.269 e. The summed E-state index contributed by atoms with van der Waals surface area (Å²) in [6.45, 7) is 0. The number of nitrogens with one attached hydrogen (secondary N) is 1. The molecule has 0 saturated carbocycles. The van der Waals surface area contributed by atoms with Crippen molar-refractivity contribution in [2.75, 3.05) is 0 Å². The average molecular weight is 205 g/mol. The normalized spacial score (nSPS) is 9.40. The lowest BCUT2D eigenvalue weighted by atomic mass is 10.3. The fraction of sp³-hybridized carbons (Fsp3) is 0. The van der Waals surface area contributed by atoms with E-state index in [0.29, 0.717) is 10.2 Å². The highest BCUT2D eigenvalue weighted by Gasteiger charge is 2.09. The summed E-state index contributed by atoms with van der Waals surface area (Å²) in [4.78, 5) is 10.8. The third-order valence-electron chi connectivity index (χ3n) is 0.994. The lowest BCUT2D eigenvalue weighted by Crippen LogP contribution is -2.29. The molecule has 0 aromatic carbocycles. The first-order valence-corrected chi connectivity index (χ1v) is 3.29. The smallest absolute Gasteiger partial charge is 0.269 e. The zero-order valence-electron chi connectivity index (χ0n) is 4.93. The number of nitrogen functional groups attached to an aromatic ring is 1. The Labute approximate surface area is 65.5 Å². The Morgan fingerprint density at radius 2 is 2.50 bits per heavy atom. The SMILES string of the molecule is NNC(=O)c1ccoc1Br. The van der Waals surface area contributed by atoms with Crippen molar-refractivity contribution in [3.8, 4) is 0 Å². The highest BCUT2D eigenvalue weighted by atomic mass is 79.9. The third-order valence-corrected chi connectivity index (χ3v) is 1.61. The summed E-state index contributed by atoms with van der Waals surface area (Å²) in [7, 11) is 0. The molecule has 0 unspecified atom stereocenters. The quantitative estimate of drug-likeness (QED) is 0.401. The number of furan rings is 1. The van der Waals surface area contributed by atoms with E-state index >= 15 is 0 Å². The lowest BCUT2D eigenvalue weighted by molar-refractivity contribution is 0.0952. The molecule has 54 valence electrons. The van der Waals surface area contributed by atoms with Gasteiger partial charge in [0.15, 0.2) is 4.67 Å². The van der Waals surface area contributed by atoms with Crippen LogP contribution in [0.25, 0.3) is 0 Å². The topological polar surface area (TPSA) is 68.3 Å². The Bertz CT molecular complexity index is 246. The molecule has 4 nitrogen and oxygen atoms in total. The van der Waals surface area contributed by atoms with Gasteiger partial charge in [0.05, 0.1) is 11.8 Å². The number of carbonyl (C=O) groups excluding carboxylic acids is 1. The van der Waals surface area contributed by atoms with Gasteiger partial charge in [-0.3, -0.25) is 10.2 Å². The Morgan fingerprint density at radius 1 is 1.80 bits per heavy atom.